The molecule has 0 fully saturated rings. The number of pyridine rings is 1. The van der Waals surface area contributed by atoms with Crippen molar-refractivity contribution in [1.82, 2.24) is 24.1 Å². The van der Waals surface area contributed by atoms with E-state index in [4.69, 9.17) is 0 Å². The Labute approximate surface area is 96.2 Å². The van der Waals surface area contributed by atoms with Gasteiger partial charge in [-0.2, -0.15) is 0 Å². The smallest absolute Gasteiger partial charge is 0.250 e. The molecule has 0 aliphatic rings. The number of rotatable bonds is 1. The summed E-state index contributed by atoms with van der Waals surface area (Å²) in [5, 5.41) is 0. The van der Waals surface area contributed by atoms with Crippen LogP contribution in [0.2, 0.25) is 0 Å². The number of nitrogens with zero attached hydrogens (tertiary/aromatic N) is 5. The maximum atomic E-state index is 11.4. The monoisotopic (exact) mass is 227 g/mol. The van der Waals surface area contributed by atoms with Gasteiger partial charge < -0.3 is 4.57 Å². The summed E-state index contributed by atoms with van der Waals surface area (Å²) in [5.74, 6) is 0.536. The lowest BCUT2D eigenvalue weighted by Crippen LogP contribution is -2.16. The van der Waals surface area contributed by atoms with Gasteiger partial charge in [0.25, 0.3) is 5.56 Å². The molecular formula is C11H9N5O. The maximum absolute atomic E-state index is 11.4. The Balaban J connectivity index is 2.28. The van der Waals surface area contributed by atoms with Crippen LogP contribution in [-0.4, -0.2) is 24.1 Å². The first-order valence-electron chi connectivity index (χ1n) is 5.07. The number of imidazole rings is 1. The third-order valence-corrected chi connectivity index (χ3v) is 2.60. The van der Waals surface area contributed by atoms with E-state index < -0.39 is 0 Å². The lowest BCUT2D eigenvalue weighted by atomic mass is 10.3. The molecule has 6 heteroatoms. The highest BCUT2D eigenvalue weighted by molar-refractivity contribution is 5.73. The van der Waals surface area contributed by atoms with Gasteiger partial charge in [-0.25, -0.2) is 15.0 Å². The predicted octanol–water partition coefficient (Wildman–Crippen LogP) is 0.514. The van der Waals surface area contributed by atoms with Crippen molar-refractivity contribution in [2.24, 2.45) is 7.05 Å². The predicted molar refractivity (Wildman–Crippen MR) is 61.9 cm³/mol. The van der Waals surface area contributed by atoms with E-state index in [1.54, 1.807) is 42.6 Å². The van der Waals surface area contributed by atoms with Crippen LogP contribution in [0.5, 0.6) is 0 Å². The first kappa shape index (κ1) is 9.71. The standard InChI is InChI=1S/C11H9N5O/c1-15-9-6-13-11(16-5-4-12-7-16)14-8(9)2-3-10(15)17/h2-7H,1H3. The zero-order valence-corrected chi connectivity index (χ0v) is 9.11. The summed E-state index contributed by atoms with van der Waals surface area (Å²) in [6, 6.07) is 3.19. The van der Waals surface area contributed by atoms with Crippen molar-refractivity contribution in [2.45, 2.75) is 0 Å². The van der Waals surface area contributed by atoms with Gasteiger partial charge in [0, 0.05) is 25.5 Å². The fourth-order valence-corrected chi connectivity index (χ4v) is 1.64. The highest BCUT2D eigenvalue weighted by atomic mass is 16.1. The first-order valence-corrected chi connectivity index (χ1v) is 5.07. The van der Waals surface area contributed by atoms with Gasteiger partial charge in [-0.15, -0.1) is 0 Å². The van der Waals surface area contributed by atoms with Gasteiger partial charge in [0.2, 0.25) is 5.95 Å². The largest absolute Gasteiger partial charge is 0.309 e. The fourth-order valence-electron chi connectivity index (χ4n) is 1.64. The van der Waals surface area contributed by atoms with Crippen molar-refractivity contribution < 1.29 is 0 Å². The maximum Gasteiger partial charge on any atom is 0.250 e. The quantitative estimate of drug-likeness (QED) is 0.607. The molecule has 0 amide bonds. The Morgan fingerprint density at radius 2 is 2.18 bits per heavy atom. The zero-order valence-electron chi connectivity index (χ0n) is 9.11. The Bertz CT molecular complexity index is 729. The average molecular weight is 227 g/mol. The van der Waals surface area contributed by atoms with E-state index in [0.29, 0.717) is 11.5 Å². The number of aromatic nitrogens is 5. The molecule has 0 atom stereocenters. The molecule has 3 aromatic rings. The molecule has 6 nitrogen and oxygen atoms in total. The highest BCUT2D eigenvalue weighted by Crippen LogP contribution is 2.09. The molecular weight excluding hydrogens is 218 g/mol. The van der Waals surface area contributed by atoms with Gasteiger partial charge >= 0.3 is 0 Å². The van der Waals surface area contributed by atoms with Crippen LogP contribution in [0.15, 0.2) is 41.8 Å². The van der Waals surface area contributed by atoms with E-state index in [2.05, 4.69) is 15.0 Å². The Hall–Kier alpha value is -2.50. The molecule has 3 rings (SSSR count). The van der Waals surface area contributed by atoms with Crippen molar-refractivity contribution in [3.05, 3.63) is 47.4 Å². The average Bonchev–Trinajstić information content (AvgIpc) is 2.87. The van der Waals surface area contributed by atoms with Gasteiger partial charge in [0.1, 0.15) is 6.33 Å². The lowest BCUT2D eigenvalue weighted by molar-refractivity contribution is 0.883. The topological polar surface area (TPSA) is 65.6 Å². The number of fused-ring (bicyclic) bond motifs is 1. The van der Waals surface area contributed by atoms with Crippen molar-refractivity contribution in [3.63, 3.8) is 0 Å². The minimum Gasteiger partial charge on any atom is -0.309 e. The molecule has 0 saturated heterocycles. The number of hydrogen-bond acceptors (Lipinski definition) is 4. The van der Waals surface area contributed by atoms with Crippen LogP contribution < -0.4 is 5.56 Å². The summed E-state index contributed by atoms with van der Waals surface area (Å²) in [6.07, 6.45) is 6.69. The van der Waals surface area contributed by atoms with Gasteiger partial charge in [0.15, 0.2) is 0 Å². The summed E-state index contributed by atoms with van der Waals surface area (Å²) < 4.78 is 3.23. The summed E-state index contributed by atoms with van der Waals surface area (Å²) in [5.41, 5.74) is 1.36. The van der Waals surface area contributed by atoms with Crippen LogP contribution in [0.25, 0.3) is 17.0 Å². The molecule has 0 spiro atoms. The van der Waals surface area contributed by atoms with Gasteiger partial charge in [-0.1, -0.05) is 0 Å². The molecule has 0 saturated carbocycles. The van der Waals surface area contributed by atoms with E-state index in [1.165, 1.54) is 10.6 Å². The summed E-state index contributed by atoms with van der Waals surface area (Å²) in [6.45, 7) is 0. The van der Waals surface area contributed by atoms with Crippen LogP contribution >= 0.6 is 0 Å². The minimum atomic E-state index is -0.0727. The summed E-state index contributed by atoms with van der Waals surface area (Å²) in [4.78, 5) is 24.0. The zero-order chi connectivity index (χ0) is 11.8. The second kappa shape index (κ2) is 3.51. The van der Waals surface area contributed by atoms with E-state index in [9.17, 15) is 4.79 Å². The Morgan fingerprint density at radius 1 is 1.29 bits per heavy atom. The molecule has 0 bridgehead atoms. The van der Waals surface area contributed by atoms with E-state index in [0.717, 1.165) is 5.52 Å². The Kier molecular flexibility index (Phi) is 2.01. The van der Waals surface area contributed by atoms with Gasteiger partial charge in [0.05, 0.1) is 17.2 Å². The summed E-state index contributed by atoms with van der Waals surface area (Å²) >= 11 is 0. The third-order valence-electron chi connectivity index (χ3n) is 2.60. The van der Waals surface area contributed by atoms with Gasteiger partial charge in [-0.3, -0.25) is 9.36 Å². The molecule has 0 aliphatic carbocycles. The second-order valence-electron chi connectivity index (χ2n) is 3.64. The Morgan fingerprint density at radius 3 is 2.94 bits per heavy atom. The lowest BCUT2D eigenvalue weighted by Gasteiger charge is -2.05. The van der Waals surface area contributed by atoms with Crippen LogP contribution in [0, 0.1) is 0 Å². The fraction of sp³-hybridized carbons (Fsp3) is 0.0909. The van der Waals surface area contributed by atoms with Crippen molar-refractivity contribution in [2.75, 3.05) is 0 Å². The third kappa shape index (κ3) is 1.50. The van der Waals surface area contributed by atoms with Crippen LogP contribution in [0.3, 0.4) is 0 Å². The SMILES string of the molecule is Cn1c(=O)ccc2nc(-n3ccnc3)ncc21. The van der Waals surface area contributed by atoms with Crippen molar-refractivity contribution >= 4 is 11.0 Å². The molecule has 0 aliphatic heterocycles. The second-order valence-corrected chi connectivity index (χ2v) is 3.64. The molecule has 17 heavy (non-hydrogen) atoms. The van der Waals surface area contributed by atoms with Crippen LogP contribution in [0.1, 0.15) is 0 Å². The van der Waals surface area contributed by atoms with E-state index in [1.807, 2.05) is 0 Å². The normalized spacial score (nSPS) is 10.9. The van der Waals surface area contributed by atoms with E-state index in [-0.39, 0.29) is 5.56 Å². The molecule has 84 valence electrons. The number of hydrogen-bond donors (Lipinski definition) is 0. The minimum absolute atomic E-state index is 0.0727. The van der Waals surface area contributed by atoms with Crippen molar-refractivity contribution in [1.29, 1.82) is 0 Å². The van der Waals surface area contributed by atoms with E-state index >= 15 is 0 Å². The molecule has 3 heterocycles. The van der Waals surface area contributed by atoms with Crippen molar-refractivity contribution in [3.8, 4) is 5.95 Å². The van der Waals surface area contributed by atoms with Gasteiger partial charge in [-0.05, 0) is 6.07 Å². The molecule has 0 radical (unpaired) electrons. The molecule has 0 N–H and O–H groups in total. The summed E-state index contributed by atoms with van der Waals surface area (Å²) in [7, 11) is 1.70. The number of aryl methyl sites for hydroxylation is 1. The molecule has 3 aromatic heterocycles. The van der Waals surface area contributed by atoms with Crippen LogP contribution in [0.4, 0.5) is 0 Å². The molecule has 0 aromatic carbocycles. The van der Waals surface area contributed by atoms with Crippen LogP contribution in [-0.2, 0) is 7.05 Å². The first-order chi connectivity index (χ1) is 8.25. The highest BCUT2D eigenvalue weighted by Gasteiger charge is 2.04. The molecule has 0 unspecified atom stereocenters.